The van der Waals surface area contributed by atoms with Crippen molar-refractivity contribution in [3.63, 3.8) is 0 Å². The number of benzene rings is 3. The van der Waals surface area contributed by atoms with E-state index in [2.05, 4.69) is 4.72 Å². The van der Waals surface area contributed by atoms with Crippen LogP contribution in [0.4, 0.5) is 5.69 Å². The highest BCUT2D eigenvalue weighted by Gasteiger charge is 2.33. The Morgan fingerprint density at radius 1 is 1.03 bits per heavy atom. The lowest BCUT2D eigenvalue weighted by molar-refractivity contribution is 0.0735. The molecule has 1 unspecified atom stereocenters. The summed E-state index contributed by atoms with van der Waals surface area (Å²) in [6, 6.07) is 19.6. The molecule has 1 amide bonds. The van der Waals surface area contributed by atoms with Crippen LogP contribution in [-0.4, -0.2) is 30.8 Å². The highest BCUT2D eigenvalue weighted by atomic mass is 32.2. The van der Waals surface area contributed by atoms with Crippen molar-refractivity contribution in [3.8, 4) is 0 Å². The van der Waals surface area contributed by atoms with E-state index in [4.69, 9.17) is 4.98 Å². The maximum absolute atomic E-state index is 13.3. The maximum Gasteiger partial charge on any atom is 0.261 e. The van der Waals surface area contributed by atoms with Gasteiger partial charge in [-0.1, -0.05) is 24.3 Å². The van der Waals surface area contributed by atoms with Gasteiger partial charge in [0.2, 0.25) is 0 Å². The highest BCUT2D eigenvalue weighted by molar-refractivity contribution is 7.92. The van der Waals surface area contributed by atoms with Crippen LogP contribution in [0.15, 0.2) is 71.6 Å². The Kier molecular flexibility index (Phi) is 5.87. The number of fused-ring (bicyclic) bond motifs is 1. The van der Waals surface area contributed by atoms with Gasteiger partial charge in [0.15, 0.2) is 0 Å². The maximum atomic E-state index is 13.3. The summed E-state index contributed by atoms with van der Waals surface area (Å²) in [5, 5.41) is 0.948. The van der Waals surface area contributed by atoms with Crippen LogP contribution in [0.25, 0.3) is 10.2 Å². The lowest BCUT2D eigenvalue weighted by Gasteiger charge is -2.23. The first kappa shape index (κ1) is 22.6. The number of sulfonamides is 1. The van der Waals surface area contributed by atoms with Crippen LogP contribution in [0.2, 0.25) is 0 Å². The standard InChI is InChI=1S/C26H25N3O3S2/c1-17-7-5-9-21(18(17)2)28-34(31,32)20-14-12-19(13-15-20)26(30)29-16-6-10-23(29)25-27-22-8-3-4-11-24(22)33-25/h3-5,7-9,11-15,23,28H,6,10,16H2,1-2H3. The van der Waals surface area contributed by atoms with E-state index >= 15 is 0 Å². The van der Waals surface area contributed by atoms with Crippen LogP contribution in [0.5, 0.6) is 0 Å². The second-order valence-electron chi connectivity index (χ2n) is 8.55. The van der Waals surface area contributed by atoms with E-state index in [0.717, 1.165) is 39.2 Å². The van der Waals surface area contributed by atoms with Crippen molar-refractivity contribution >= 4 is 43.2 Å². The van der Waals surface area contributed by atoms with Crippen molar-refractivity contribution in [3.05, 3.63) is 88.4 Å². The third-order valence-electron chi connectivity index (χ3n) is 6.37. The molecule has 1 aromatic heterocycles. The molecule has 3 aromatic carbocycles. The van der Waals surface area contributed by atoms with Gasteiger partial charge in [0.25, 0.3) is 15.9 Å². The van der Waals surface area contributed by atoms with Crippen LogP contribution >= 0.6 is 11.3 Å². The molecular weight excluding hydrogens is 466 g/mol. The summed E-state index contributed by atoms with van der Waals surface area (Å²) in [7, 11) is -3.77. The molecule has 1 fully saturated rings. The SMILES string of the molecule is Cc1cccc(NS(=O)(=O)c2ccc(C(=O)N3CCCC3c3nc4ccccc4s3)cc2)c1C. The number of hydrogen-bond donors (Lipinski definition) is 1. The monoisotopic (exact) mass is 491 g/mol. The number of hydrogen-bond acceptors (Lipinski definition) is 5. The molecule has 34 heavy (non-hydrogen) atoms. The van der Waals surface area contributed by atoms with Crippen LogP contribution in [0.3, 0.4) is 0 Å². The van der Waals surface area contributed by atoms with Crippen LogP contribution in [0.1, 0.15) is 45.4 Å². The minimum Gasteiger partial charge on any atom is -0.329 e. The normalized spacial score (nSPS) is 16.2. The van der Waals surface area contributed by atoms with Gasteiger partial charge in [-0.2, -0.15) is 0 Å². The second kappa shape index (κ2) is 8.85. The minimum absolute atomic E-state index is 0.0562. The van der Waals surface area contributed by atoms with E-state index in [1.807, 2.05) is 55.1 Å². The molecule has 4 aromatic rings. The van der Waals surface area contributed by atoms with Crippen molar-refractivity contribution in [2.24, 2.45) is 0 Å². The number of para-hydroxylation sites is 1. The van der Waals surface area contributed by atoms with E-state index in [0.29, 0.717) is 17.8 Å². The zero-order valence-electron chi connectivity index (χ0n) is 19.0. The van der Waals surface area contributed by atoms with E-state index in [1.54, 1.807) is 29.5 Å². The van der Waals surface area contributed by atoms with Gasteiger partial charge in [-0.25, -0.2) is 13.4 Å². The second-order valence-corrected chi connectivity index (χ2v) is 11.3. The number of carbonyl (C=O) groups is 1. The number of nitrogens with one attached hydrogen (secondary N) is 1. The largest absolute Gasteiger partial charge is 0.329 e. The van der Waals surface area contributed by atoms with Crippen molar-refractivity contribution in [1.29, 1.82) is 0 Å². The molecule has 8 heteroatoms. The smallest absolute Gasteiger partial charge is 0.261 e. The molecule has 0 spiro atoms. The zero-order chi connectivity index (χ0) is 23.9. The number of aromatic nitrogens is 1. The van der Waals surface area contributed by atoms with Crippen LogP contribution in [-0.2, 0) is 10.0 Å². The lowest BCUT2D eigenvalue weighted by Crippen LogP contribution is -2.30. The van der Waals surface area contributed by atoms with Gasteiger partial charge in [-0.05, 0) is 80.3 Å². The molecule has 0 aliphatic carbocycles. The van der Waals surface area contributed by atoms with Crippen molar-refractivity contribution in [1.82, 2.24) is 9.88 Å². The number of likely N-dealkylation sites (tertiary alicyclic amines) is 1. The number of nitrogens with zero attached hydrogens (tertiary/aromatic N) is 2. The number of rotatable bonds is 5. The number of amides is 1. The summed E-state index contributed by atoms with van der Waals surface area (Å²) in [6.07, 6.45) is 1.79. The van der Waals surface area contributed by atoms with Crippen molar-refractivity contribution in [2.45, 2.75) is 37.6 Å². The third-order valence-corrected chi connectivity index (χ3v) is 8.89. The molecule has 1 aliphatic rings. The Balaban J connectivity index is 1.36. The van der Waals surface area contributed by atoms with Crippen LogP contribution < -0.4 is 4.72 Å². The Morgan fingerprint density at radius 3 is 2.56 bits per heavy atom. The average molecular weight is 492 g/mol. The van der Waals surface area contributed by atoms with E-state index < -0.39 is 10.0 Å². The summed E-state index contributed by atoms with van der Waals surface area (Å²) in [4.78, 5) is 20.1. The van der Waals surface area contributed by atoms with Gasteiger partial charge in [0.05, 0.1) is 26.8 Å². The number of carbonyl (C=O) groups excluding carboxylic acids is 1. The number of thiazole rings is 1. The molecule has 5 rings (SSSR count). The first-order valence-corrected chi connectivity index (χ1v) is 13.5. The Hall–Kier alpha value is -3.23. The number of aryl methyl sites for hydroxylation is 1. The van der Waals surface area contributed by atoms with Gasteiger partial charge >= 0.3 is 0 Å². The summed E-state index contributed by atoms with van der Waals surface area (Å²) >= 11 is 1.63. The fourth-order valence-corrected chi connectivity index (χ4v) is 6.55. The molecule has 0 bridgehead atoms. The summed E-state index contributed by atoms with van der Waals surface area (Å²) in [5.74, 6) is -0.104. The van der Waals surface area contributed by atoms with E-state index in [1.165, 1.54) is 12.1 Å². The first-order chi connectivity index (χ1) is 16.3. The van der Waals surface area contributed by atoms with Gasteiger partial charge in [-0.3, -0.25) is 9.52 Å². The molecule has 1 N–H and O–H groups in total. The average Bonchev–Trinajstić information content (AvgIpc) is 3.48. The fourth-order valence-electron chi connectivity index (χ4n) is 4.31. The highest BCUT2D eigenvalue weighted by Crippen LogP contribution is 2.37. The van der Waals surface area contributed by atoms with Crippen LogP contribution in [0, 0.1) is 13.8 Å². The Morgan fingerprint density at radius 2 is 1.79 bits per heavy atom. The van der Waals surface area contributed by atoms with Gasteiger partial charge in [0, 0.05) is 12.1 Å². The number of anilines is 1. The Labute approximate surface area is 203 Å². The molecule has 174 valence electrons. The molecule has 2 heterocycles. The molecule has 0 radical (unpaired) electrons. The molecule has 6 nitrogen and oxygen atoms in total. The predicted octanol–water partition coefficient (Wildman–Crippen LogP) is 5.69. The third kappa shape index (κ3) is 4.19. The van der Waals surface area contributed by atoms with Gasteiger partial charge in [0.1, 0.15) is 5.01 Å². The zero-order valence-corrected chi connectivity index (χ0v) is 20.6. The van der Waals surface area contributed by atoms with Crippen molar-refractivity contribution < 1.29 is 13.2 Å². The molecular formula is C26H25N3O3S2. The van der Waals surface area contributed by atoms with Crippen molar-refractivity contribution in [2.75, 3.05) is 11.3 Å². The molecule has 1 saturated heterocycles. The van der Waals surface area contributed by atoms with E-state index in [-0.39, 0.29) is 16.8 Å². The first-order valence-electron chi connectivity index (χ1n) is 11.2. The fraction of sp³-hybridized carbons (Fsp3) is 0.231. The van der Waals surface area contributed by atoms with Gasteiger partial charge in [-0.15, -0.1) is 11.3 Å². The lowest BCUT2D eigenvalue weighted by atomic mass is 10.1. The Bertz CT molecular complexity index is 1440. The minimum atomic E-state index is -3.77. The molecule has 1 atom stereocenters. The van der Waals surface area contributed by atoms with Gasteiger partial charge < -0.3 is 4.90 Å². The summed E-state index contributed by atoms with van der Waals surface area (Å²) in [5.41, 5.74) is 3.87. The topological polar surface area (TPSA) is 79.4 Å². The van der Waals surface area contributed by atoms with E-state index in [9.17, 15) is 13.2 Å². The predicted molar refractivity (Wildman–Crippen MR) is 136 cm³/mol. The quantitative estimate of drug-likeness (QED) is 0.389. The summed E-state index contributed by atoms with van der Waals surface area (Å²) < 4.78 is 29.6. The summed E-state index contributed by atoms with van der Waals surface area (Å²) in [6.45, 7) is 4.48. The molecule has 0 saturated carbocycles. The molecule has 1 aliphatic heterocycles.